The summed E-state index contributed by atoms with van der Waals surface area (Å²) in [6, 6.07) is 0. The first-order chi connectivity index (χ1) is 7.54. The van der Waals surface area contributed by atoms with E-state index in [-0.39, 0.29) is 5.41 Å². The molecule has 0 atom stereocenters. The molecule has 0 amide bonds. The van der Waals surface area contributed by atoms with Gasteiger partial charge < -0.3 is 4.74 Å². The molecule has 1 heteroatoms. The van der Waals surface area contributed by atoms with E-state index in [2.05, 4.69) is 29.6 Å². The molecular formula is C16H22O. The van der Waals surface area contributed by atoms with Crippen LogP contribution in [0.15, 0.2) is 0 Å². The summed E-state index contributed by atoms with van der Waals surface area (Å²) >= 11 is 0. The zero-order valence-corrected chi connectivity index (χ0v) is 12.0. The van der Waals surface area contributed by atoms with Crippen molar-refractivity contribution < 1.29 is 4.74 Å². The molecule has 0 fully saturated rings. The first-order valence-corrected chi connectivity index (χ1v) is 5.65. The second-order valence-corrected chi connectivity index (χ2v) is 5.61. The normalized spacial score (nSPS) is 11.6. The van der Waals surface area contributed by atoms with E-state index in [0.29, 0.717) is 0 Å². The molecule has 0 saturated carbocycles. The lowest BCUT2D eigenvalue weighted by Gasteiger charge is -2.17. The zero-order chi connectivity index (χ0) is 13.7. The lowest BCUT2D eigenvalue weighted by atomic mass is 9.89. The Hall–Kier alpha value is -1.36. The van der Waals surface area contributed by atoms with Crippen LogP contribution in [0.25, 0.3) is 0 Å². The van der Waals surface area contributed by atoms with Crippen LogP contribution < -0.4 is 0 Å². The highest BCUT2D eigenvalue weighted by molar-refractivity contribution is 5.31. The first-order valence-electron chi connectivity index (χ1n) is 5.65. The number of rotatable bonds is 1. The highest BCUT2D eigenvalue weighted by Gasteiger charge is 2.16. The molecule has 0 radical (unpaired) electrons. The summed E-state index contributed by atoms with van der Waals surface area (Å²) in [7, 11) is 1.65. The number of ether oxygens (including phenoxy) is 1. The molecule has 0 aliphatic heterocycles. The van der Waals surface area contributed by atoms with Crippen molar-refractivity contribution in [2.24, 2.45) is 10.8 Å². The topological polar surface area (TPSA) is 9.23 Å². The molecule has 0 aliphatic carbocycles. The van der Waals surface area contributed by atoms with E-state index in [1.54, 1.807) is 7.11 Å². The van der Waals surface area contributed by atoms with Crippen molar-refractivity contribution in [1.82, 2.24) is 0 Å². The van der Waals surface area contributed by atoms with Crippen molar-refractivity contribution in [3.63, 3.8) is 0 Å². The lowest BCUT2D eigenvalue weighted by molar-refractivity contribution is 0.0739. The van der Waals surface area contributed by atoms with Gasteiger partial charge in [-0.2, -0.15) is 0 Å². The van der Waals surface area contributed by atoms with Crippen LogP contribution in [0.2, 0.25) is 0 Å². The second kappa shape index (κ2) is 5.31. The molecule has 17 heavy (non-hydrogen) atoms. The maximum Gasteiger partial charge on any atom is 0.122 e. The maximum absolute atomic E-state index is 5.39. The van der Waals surface area contributed by atoms with Gasteiger partial charge in [-0.3, -0.25) is 0 Å². The van der Waals surface area contributed by atoms with Gasteiger partial charge >= 0.3 is 0 Å². The minimum Gasteiger partial charge on any atom is -0.366 e. The molecular weight excluding hydrogens is 208 g/mol. The van der Waals surface area contributed by atoms with Crippen LogP contribution in [0.3, 0.4) is 0 Å². The Bertz CT molecular complexity index is 422. The standard InChI is InChI=1S/C16H22O/c1-9-14(2,3)10-11-15(4,5)12-13-16(6,7)17-8/h1H,2-8H3. The predicted molar refractivity (Wildman–Crippen MR) is 73.0 cm³/mol. The van der Waals surface area contributed by atoms with E-state index < -0.39 is 11.0 Å². The number of methoxy groups -OCH3 is 1. The van der Waals surface area contributed by atoms with Crippen LogP contribution in [-0.4, -0.2) is 12.7 Å². The molecule has 0 aromatic rings. The fourth-order valence-corrected chi connectivity index (χ4v) is 0.738. The largest absolute Gasteiger partial charge is 0.366 e. The molecule has 1 nitrogen and oxygen atoms in total. The SMILES string of the molecule is C#CC(C)(C)C#CC(C)(C)C#CC(C)(C)OC. The quantitative estimate of drug-likeness (QED) is 0.629. The van der Waals surface area contributed by atoms with Gasteiger partial charge in [0.05, 0.1) is 10.8 Å². The van der Waals surface area contributed by atoms with Gasteiger partial charge in [0.2, 0.25) is 0 Å². The average molecular weight is 230 g/mol. The van der Waals surface area contributed by atoms with E-state index >= 15 is 0 Å². The van der Waals surface area contributed by atoms with Gasteiger partial charge in [0.15, 0.2) is 0 Å². The zero-order valence-electron chi connectivity index (χ0n) is 12.0. The Kier molecular flexibility index (Phi) is 4.89. The van der Waals surface area contributed by atoms with Gasteiger partial charge in [0.25, 0.3) is 0 Å². The Morgan fingerprint density at radius 3 is 1.59 bits per heavy atom. The van der Waals surface area contributed by atoms with Crippen molar-refractivity contribution in [3.05, 3.63) is 0 Å². The van der Waals surface area contributed by atoms with E-state index in [4.69, 9.17) is 11.2 Å². The van der Waals surface area contributed by atoms with Crippen LogP contribution in [0.4, 0.5) is 0 Å². The van der Waals surface area contributed by atoms with Crippen molar-refractivity contribution in [3.8, 4) is 36.0 Å². The van der Waals surface area contributed by atoms with Gasteiger partial charge in [0.1, 0.15) is 5.60 Å². The predicted octanol–water partition coefficient (Wildman–Crippen LogP) is 3.10. The average Bonchev–Trinajstić information content (AvgIpc) is 2.25. The number of hydrogen-bond acceptors (Lipinski definition) is 1. The second-order valence-electron chi connectivity index (χ2n) is 5.61. The van der Waals surface area contributed by atoms with Crippen LogP contribution in [0, 0.1) is 46.9 Å². The summed E-state index contributed by atoms with van der Waals surface area (Å²) in [5, 5.41) is 0. The third-order valence-electron chi connectivity index (χ3n) is 2.23. The smallest absolute Gasteiger partial charge is 0.122 e. The maximum atomic E-state index is 5.39. The van der Waals surface area contributed by atoms with Crippen LogP contribution in [-0.2, 0) is 4.74 Å². The Morgan fingerprint density at radius 1 is 0.765 bits per heavy atom. The summed E-state index contributed by atoms with van der Waals surface area (Å²) in [6.45, 7) is 11.6. The molecule has 0 N–H and O–H groups in total. The molecule has 0 bridgehead atoms. The molecule has 0 rings (SSSR count). The molecule has 0 saturated heterocycles. The summed E-state index contributed by atoms with van der Waals surface area (Å²) in [5.41, 5.74) is -1.24. The molecule has 0 aromatic carbocycles. The van der Waals surface area contributed by atoms with Crippen molar-refractivity contribution >= 4 is 0 Å². The summed E-state index contributed by atoms with van der Waals surface area (Å²) in [6.07, 6.45) is 5.39. The minimum absolute atomic E-state index is 0.385. The Labute approximate surface area is 106 Å². The summed E-state index contributed by atoms with van der Waals surface area (Å²) in [4.78, 5) is 0. The third-order valence-corrected chi connectivity index (χ3v) is 2.23. The van der Waals surface area contributed by atoms with Gasteiger partial charge in [-0.05, 0) is 41.5 Å². The van der Waals surface area contributed by atoms with Gasteiger partial charge in [-0.1, -0.05) is 29.6 Å². The van der Waals surface area contributed by atoms with Gasteiger partial charge in [0, 0.05) is 7.11 Å². The van der Waals surface area contributed by atoms with Crippen LogP contribution in [0.1, 0.15) is 41.5 Å². The van der Waals surface area contributed by atoms with Gasteiger partial charge in [-0.25, -0.2) is 0 Å². The molecule has 0 aromatic heterocycles. The van der Waals surface area contributed by atoms with E-state index in [9.17, 15) is 0 Å². The monoisotopic (exact) mass is 230 g/mol. The Balaban J connectivity index is 5.02. The fraction of sp³-hybridized carbons (Fsp3) is 0.625. The molecule has 0 aliphatic rings. The number of hydrogen-bond donors (Lipinski definition) is 0. The van der Waals surface area contributed by atoms with Crippen molar-refractivity contribution in [1.29, 1.82) is 0 Å². The molecule has 0 heterocycles. The van der Waals surface area contributed by atoms with Crippen LogP contribution >= 0.6 is 0 Å². The van der Waals surface area contributed by atoms with Crippen molar-refractivity contribution in [2.45, 2.75) is 47.1 Å². The molecule has 0 spiro atoms. The fourth-order valence-electron chi connectivity index (χ4n) is 0.738. The highest BCUT2D eigenvalue weighted by atomic mass is 16.5. The highest BCUT2D eigenvalue weighted by Crippen LogP contribution is 2.17. The summed E-state index contributed by atoms with van der Waals surface area (Å²) in [5.74, 6) is 15.1. The van der Waals surface area contributed by atoms with Crippen LogP contribution in [0.5, 0.6) is 0 Å². The third kappa shape index (κ3) is 6.73. The minimum atomic E-state index is -0.444. The Morgan fingerprint density at radius 2 is 1.18 bits per heavy atom. The van der Waals surface area contributed by atoms with Gasteiger partial charge in [-0.15, -0.1) is 6.42 Å². The molecule has 92 valence electrons. The van der Waals surface area contributed by atoms with E-state index in [1.165, 1.54) is 0 Å². The summed E-state index contributed by atoms with van der Waals surface area (Å²) < 4.78 is 5.25. The first kappa shape index (κ1) is 15.6. The lowest BCUT2D eigenvalue weighted by Crippen LogP contribution is -2.20. The van der Waals surface area contributed by atoms with E-state index in [1.807, 2.05) is 41.5 Å². The molecule has 0 unspecified atom stereocenters. The number of terminal acetylenes is 1. The van der Waals surface area contributed by atoms with Crippen molar-refractivity contribution in [2.75, 3.05) is 7.11 Å². The van der Waals surface area contributed by atoms with E-state index in [0.717, 1.165) is 0 Å².